The van der Waals surface area contributed by atoms with Crippen LogP contribution in [0.25, 0.3) is 0 Å². The predicted octanol–water partition coefficient (Wildman–Crippen LogP) is 1.56. The monoisotopic (exact) mass is 256 g/mol. The van der Waals surface area contributed by atoms with E-state index in [2.05, 4.69) is 5.92 Å². The number of piperidine rings is 1. The molecule has 0 unspecified atom stereocenters. The molecule has 1 aromatic carbocycles. The maximum absolute atomic E-state index is 12.2. The molecule has 1 aromatic rings. The van der Waals surface area contributed by atoms with Gasteiger partial charge in [-0.1, -0.05) is 5.92 Å². The topological polar surface area (TPSA) is 57.6 Å². The number of carbonyl (C=O) groups excluding carboxylic acids is 1. The van der Waals surface area contributed by atoms with Gasteiger partial charge in [0.05, 0.1) is 5.92 Å². The second-order valence-corrected chi connectivity index (χ2v) is 4.61. The third kappa shape index (κ3) is 2.94. The molecule has 4 heteroatoms. The van der Waals surface area contributed by atoms with Crippen molar-refractivity contribution in [1.82, 2.24) is 4.90 Å². The van der Waals surface area contributed by atoms with Crippen LogP contribution in [0.2, 0.25) is 0 Å². The first kappa shape index (κ1) is 13.2. The van der Waals surface area contributed by atoms with Crippen LogP contribution >= 0.6 is 0 Å². The SMILES string of the molecule is [C]#Cc1ccc(C(=O)N2CCC(C(=O)O)CC2)cc1. The number of carbonyl (C=O) groups is 2. The zero-order valence-corrected chi connectivity index (χ0v) is 10.4. The summed E-state index contributed by atoms with van der Waals surface area (Å²) in [5.74, 6) is 1.05. The molecule has 1 N–H and O–H groups in total. The Balaban J connectivity index is 2.01. The van der Waals surface area contributed by atoms with Crippen molar-refractivity contribution in [1.29, 1.82) is 0 Å². The molecule has 0 aliphatic carbocycles. The molecule has 1 amide bonds. The number of hydrogen-bond donors (Lipinski definition) is 1. The highest BCUT2D eigenvalue weighted by atomic mass is 16.4. The molecule has 1 heterocycles. The number of hydrogen-bond acceptors (Lipinski definition) is 2. The molecule has 0 bridgehead atoms. The van der Waals surface area contributed by atoms with E-state index < -0.39 is 5.97 Å². The van der Waals surface area contributed by atoms with Gasteiger partial charge in [0.1, 0.15) is 0 Å². The lowest BCUT2D eigenvalue weighted by Crippen LogP contribution is -2.40. The lowest BCUT2D eigenvalue weighted by Gasteiger charge is -2.30. The van der Waals surface area contributed by atoms with Crippen molar-refractivity contribution in [3.05, 3.63) is 41.8 Å². The van der Waals surface area contributed by atoms with E-state index in [-0.39, 0.29) is 11.8 Å². The fraction of sp³-hybridized carbons (Fsp3) is 0.333. The van der Waals surface area contributed by atoms with Crippen molar-refractivity contribution >= 4 is 11.9 Å². The van der Waals surface area contributed by atoms with Crippen molar-refractivity contribution in [2.24, 2.45) is 5.92 Å². The fourth-order valence-electron chi connectivity index (χ4n) is 2.21. The molecular weight excluding hydrogens is 242 g/mol. The molecule has 0 atom stereocenters. The maximum atomic E-state index is 12.2. The first-order valence-corrected chi connectivity index (χ1v) is 6.16. The first-order chi connectivity index (χ1) is 9.11. The largest absolute Gasteiger partial charge is 0.481 e. The number of carboxylic acids is 1. The number of carboxylic acid groups (broad SMARTS) is 1. The number of likely N-dealkylation sites (tertiary alicyclic amines) is 1. The van der Waals surface area contributed by atoms with Crippen LogP contribution in [0, 0.1) is 18.3 Å². The highest BCUT2D eigenvalue weighted by molar-refractivity contribution is 5.94. The van der Waals surface area contributed by atoms with Crippen LogP contribution < -0.4 is 0 Å². The summed E-state index contributed by atoms with van der Waals surface area (Å²) < 4.78 is 0. The van der Waals surface area contributed by atoms with Gasteiger partial charge in [-0.15, -0.1) is 0 Å². The zero-order valence-electron chi connectivity index (χ0n) is 10.4. The summed E-state index contributed by atoms with van der Waals surface area (Å²) >= 11 is 0. The number of rotatable bonds is 2. The Kier molecular flexibility index (Phi) is 3.86. The number of amides is 1. The smallest absolute Gasteiger partial charge is 0.306 e. The highest BCUT2D eigenvalue weighted by Gasteiger charge is 2.27. The minimum absolute atomic E-state index is 0.0830. The fourth-order valence-corrected chi connectivity index (χ4v) is 2.21. The Morgan fingerprint density at radius 2 is 1.79 bits per heavy atom. The maximum Gasteiger partial charge on any atom is 0.306 e. The van der Waals surface area contributed by atoms with Crippen molar-refractivity contribution < 1.29 is 14.7 Å². The average molecular weight is 256 g/mol. The molecule has 19 heavy (non-hydrogen) atoms. The summed E-state index contributed by atoms with van der Waals surface area (Å²) in [6, 6.07) is 6.68. The first-order valence-electron chi connectivity index (χ1n) is 6.16. The number of benzene rings is 1. The van der Waals surface area contributed by atoms with Crippen molar-refractivity contribution in [2.75, 3.05) is 13.1 Å². The summed E-state index contributed by atoms with van der Waals surface area (Å²) in [5, 5.41) is 8.91. The normalized spacial score (nSPS) is 15.8. The van der Waals surface area contributed by atoms with E-state index in [1.807, 2.05) is 0 Å². The molecule has 2 rings (SSSR count). The lowest BCUT2D eigenvalue weighted by atomic mass is 9.96. The highest BCUT2D eigenvalue weighted by Crippen LogP contribution is 2.19. The van der Waals surface area contributed by atoms with E-state index in [4.69, 9.17) is 11.5 Å². The van der Waals surface area contributed by atoms with Gasteiger partial charge in [0.15, 0.2) is 0 Å². The van der Waals surface area contributed by atoms with Gasteiger partial charge < -0.3 is 10.0 Å². The standard InChI is InChI=1S/C15H14NO3/c1-2-11-3-5-12(6-4-11)14(17)16-9-7-13(8-10-16)15(18)19/h3-6,13H,7-10H2,(H,18,19). The van der Waals surface area contributed by atoms with Crippen LogP contribution in [0.3, 0.4) is 0 Å². The zero-order chi connectivity index (χ0) is 13.8. The Hall–Kier alpha value is -2.28. The molecule has 97 valence electrons. The van der Waals surface area contributed by atoms with Crippen LogP contribution in [-0.4, -0.2) is 35.0 Å². The Morgan fingerprint density at radius 1 is 1.21 bits per heavy atom. The molecule has 0 saturated carbocycles. The minimum Gasteiger partial charge on any atom is -0.481 e. The summed E-state index contributed by atoms with van der Waals surface area (Å²) in [6.07, 6.45) is 7.99. The second-order valence-electron chi connectivity index (χ2n) is 4.61. The van der Waals surface area contributed by atoms with E-state index in [9.17, 15) is 9.59 Å². The molecule has 4 nitrogen and oxygen atoms in total. The molecule has 1 radical (unpaired) electrons. The van der Waals surface area contributed by atoms with Crippen LogP contribution in [0.15, 0.2) is 24.3 Å². The van der Waals surface area contributed by atoms with Crippen LogP contribution in [0.5, 0.6) is 0 Å². The second kappa shape index (κ2) is 5.57. The van der Waals surface area contributed by atoms with Gasteiger partial charge in [0, 0.05) is 24.2 Å². The van der Waals surface area contributed by atoms with Crippen molar-refractivity contribution in [3.8, 4) is 5.92 Å². The van der Waals surface area contributed by atoms with Gasteiger partial charge in [-0.3, -0.25) is 9.59 Å². The van der Waals surface area contributed by atoms with Crippen LogP contribution in [0.1, 0.15) is 28.8 Å². The van der Waals surface area contributed by atoms with Gasteiger partial charge >= 0.3 is 5.97 Å². The summed E-state index contributed by atoms with van der Waals surface area (Å²) in [5.41, 5.74) is 1.19. The van der Waals surface area contributed by atoms with Crippen LogP contribution in [0.4, 0.5) is 0 Å². The van der Waals surface area contributed by atoms with E-state index >= 15 is 0 Å². The van der Waals surface area contributed by atoms with Crippen LogP contribution in [-0.2, 0) is 4.79 Å². The summed E-state index contributed by atoms with van der Waals surface area (Å²) in [4.78, 5) is 24.7. The van der Waals surface area contributed by atoms with Gasteiger partial charge in [0.25, 0.3) is 5.91 Å². The van der Waals surface area contributed by atoms with E-state index in [0.717, 1.165) is 0 Å². The summed E-state index contributed by atoms with van der Waals surface area (Å²) in [6.45, 7) is 0.961. The van der Waals surface area contributed by atoms with Crippen molar-refractivity contribution in [2.45, 2.75) is 12.8 Å². The number of nitrogens with zero attached hydrogens (tertiary/aromatic N) is 1. The van der Waals surface area contributed by atoms with Gasteiger partial charge in [0.2, 0.25) is 0 Å². The summed E-state index contributed by atoms with van der Waals surface area (Å²) in [7, 11) is 0. The molecular formula is C15H14NO3. The quantitative estimate of drug-likeness (QED) is 0.817. The predicted molar refractivity (Wildman–Crippen MR) is 68.9 cm³/mol. The van der Waals surface area contributed by atoms with Gasteiger partial charge in [-0.05, 0) is 43.5 Å². The third-order valence-electron chi connectivity index (χ3n) is 3.41. The lowest BCUT2D eigenvalue weighted by molar-refractivity contribution is -0.143. The van der Waals surface area contributed by atoms with E-state index in [0.29, 0.717) is 37.1 Å². The molecule has 0 spiro atoms. The Morgan fingerprint density at radius 3 is 2.26 bits per heavy atom. The molecule has 1 saturated heterocycles. The van der Waals surface area contributed by atoms with Gasteiger partial charge in [-0.2, -0.15) is 0 Å². The van der Waals surface area contributed by atoms with E-state index in [1.54, 1.807) is 29.2 Å². The molecule has 1 aliphatic rings. The van der Waals surface area contributed by atoms with Gasteiger partial charge in [-0.25, -0.2) is 0 Å². The molecule has 1 aliphatic heterocycles. The third-order valence-corrected chi connectivity index (χ3v) is 3.41. The average Bonchev–Trinajstić information content (AvgIpc) is 2.46. The van der Waals surface area contributed by atoms with E-state index in [1.165, 1.54) is 0 Å². The molecule has 1 fully saturated rings. The Bertz CT molecular complexity index is 519. The van der Waals surface area contributed by atoms with Crippen molar-refractivity contribution in [3.63, 3.8) is 0 Å². The number of aliphatic carboxylic acids is 1. The Labute approximate surface area is 112 Å². The molecule has 0 aromatic heterocycles. The minimum atomic E-state index is -0.780.